The Hall–Kier alpha value is -2.58. The zero-order chi connectivity index (χ0) is 20.9. The molecule has 2 aromatic carbocycles. The molecule has 2 aromatic rings. The lowest BCUT2D eigenvalue weighted by molar-refractivity contribution is 0.281. The van der Waals surface area contributed by atoms with Crippen LogP contribution in [-0.2, 0) is 16.6 Å². The summed E-state index contributed by atoms with van der Waals surface area (Å²) in [5, 5.41) is 3.02. The van der Waals surface area contributed by atoms with E-state index in [0.29, 0.717) is 30.4 Å². The molecule has 0 saturated carbocycles. The molecule has 1 unspecified atom stereocenters. The van der Waals surface area contributed by atoms with E-state index in [1.54, 1.807) is 35.7 Å². The highest BCUT2D eigenvalue weighted by atomic mass is 32.2. The molecule has 7 nitrogen and oxygen atoms in total. The standard InChI is InChI=1S/C21H28N4O3S/c1-16-4-3-13-25(15-16)29(26,27)20-11-5-17(6-12-20)14-23-21(22)24-18-7-9-19(28-2)10-8-18/h5-12,16H,3-4,13-15H2,1-2H3,(H3,22,23,24). The first-order chi connectivity index (χ1) is 13.9. The lowest BCUT2D eigenvalue weighted by Gasteiger charge is -2.30. The number of hydrogen-bond acceptors (Lipinski definition) is 4. The minimum Gasteiger partial charge on any atom is -0.497 e. The Morgan fingerprint density at radius 1 is 1.21 bits per heavy atom. The van der Waals surface area contributed by atoms with Gasteiger partial charge in [-0.05, 0) is 60.7 Å². The third-order valence-electron chi connectivity index (χ3n) is 4.98. The average Bonchev–Trinajstić information content (AvgIpc) is 2.73. The van der Waals surface area contributed by atoms with E-state index >= 15 is 0 Å². The van der Waals surface area contributed by atoms with Crippen LogP contribution in [-0.4, -0.2) is 38.9 Å². The maximum absolute atomic E-state index is 12.8. The van der Waals surface area contributed by atoms with Gasteiger partial charge in [-0.15, -0.1) is 0 Å². The monoisotopic (exact) mass is 416 g/mol. The molecule has 1 atom stereocenters. The minimum absolute atomic E-state index is 0.286. The number of guanidine groups is 1. The fraction of sp³-hybridized carbons (Fsp3) is 0.381. The molecule has 1 heterocycles. The van der Waals surface area contributed by atoms with E-state index in [9.17, 15) is 8.42 Å². The number of rotatable bonds is 6. The van der Waals surface area contributed by atoms with Crippen LogP contribution in [0.3, 0.4) is 0 Å². The zero-order valence-corrected chi connectivity index (χ0v) is 17.7. The van der Waals surface area contributed by atoms with Gasteiger partial charge in [-0.1, -0.05) is 19.1 Å². The molecule has 0 bridgehead atoms. The highest BCUT2D eigenvalue weighted by Gasteiger charge is 2.28. The molecule has 0 spiro atoms. The van der Waals surface area contributed by atoms with E-state index in [-0.39, 0.29) is 5.96 Å². The van der Waals surface area contributed by atoms with Crippen molar-refractivity contribution in [3.05, 3.63) is 54.1 Å². The van der Waals surface area contributed by atoms with Crippen molar-refractivity contribution in [2.75, 3.05) is 25.5 Å². The lowest BCUT2D eigenvalue weighted by Crippen LogP contribution is -2.39. The number of sulfonamides is 1. The quantitative estimate of drug-likeness (QED) is 0.557. The second-order valence-corrected chi connectivity index (χ2v) is 9.25. The van der Waals surface area contributed by atoms with Crippen LogP contribution >= 0.6 is 0 Å². The third-order valence-corrected chi connectivity index (χ3v) is 6.85. The second-order valence-electron chi connectivity index (χ2n) is 7.31. The number of anilines is 1. The van der Waals surface area contributed by atoms with Crippen LogP contribution in [0.25, 0.3) is 0 Å². The first-order valence-electron chi connectivity index (χ1n) is 9.68. The van der Waals surface area contributed by atoms with Crippen LogP contribution in [0.2, 0.25) is 0 Å². The van der Waals surface area contributed by atoms with E-state index in [4.69, 9.17) is 10.5 Å². The van der Waals surface area contributed by atoms with Crippen LogP contribution in [0.15, 0.2) is 58.4 Å². The van der Waals surface area contributed by atoms with Gasteiger partial charge in [0, 0.05) is 18.8 Å². The Morgan fingerprint density at radius 3 is 2.52 bits per heavy atom. The molecule has 0 amide bonds. The van der Waals surface area contributed by atoms with Crippen LogP contribution in [0.1, 0.15) is 25.3 Å². The molecule has 29 heavy (non-hydrogen) atoms. The van der Waals surface area contributed by atoms with E-state index in [1.165, 1.54) is 0 Å². The van der Waals surface area contributed by atoms with Gasteiger partial charge in [0.25, 0.3) is 0 Å². The average molecular weight is 417 g/mol. The van der Waals surface area contributed by atoms with Crippen molar-refractivity contribution in [2.45, 2.75) is 31.2 Å². The molecule has 1 aliphatic heterocycles. The number of ether oxygens (including phenoxy) is 1. The van der Waals surface area contributed by atoms with Crippen molar-refractivity contribution < 1.29 is 13.2 Å². The Labute approximate surface area is 172 Å². The molecule has 1 aliphatic rings. The van der Waals surface area contributed by atoms with E-state index in [1.807, 2.05) is 24.3 Å². The van der Waals surface area contributed by atoms with Crippen LogP contribution in [0.4, 0.5) is 5.69 Å². The second kappa shape index (κ2) is 9.28. The Bertz CT molecular complexity index is 941. The molecule has 8 heteroatoms. The van der Waals surface area contributed by atoms with Gasteiger partial charge >= 0.3 is 0 Å². The van der Waals surface area contributed by atoms with E-state index < -0.39 is 10.0 Å². The van der Waals surface area contributed by atoms with Gasteiger partial charge in [0.05, 0.1) is 18.6 Å². The Kier molecular flexibility index (Phi) is 6.76. The predicted octanol–water partition coefficient (Wildman–Crippen LogP) is 3.04. The van der Waals surface area contributed by atoms with Crippen molar-refractivity contribution in [1.29, 1.82) is 0 Å². The van der Waals surface area contributed by atoms with Crippen LogP contribution in [0, 0.1) is 5.92 Å². The summed E-state index contributed by atoms with van der Waals surface area (Å²) in [6, 6.07) is 14.2. The summed E-state index contributed by atoms with van der Waals surface area (Å²) in [6.45, 7) is 3.62. The molecule has 0 radical (unpaired) electrons. The van der Waals surface area contributed by atoms with Crippen molar-refractivity contribution in [2.24, 2.45) is 16.6 Å². The summed E-state index contributed by atoms with van der Waals surface area (Å²) >= 11 is 0. The summed E-state index contributed by atoms with van der Waals surface area (Å²) in [6.07, 6.45) is 1.99. The maximum Gasteiger partial charge on any atom is 0.243 e. The summed E-state index contributed by atoms with van der Waals surface area (Å²) in [4.78, 5) is 4.64. The summed E-state index contributed by atoms with van der Waals surface area (Å²) < 4.78 is 32.3. The lowest BCUT2D eigenvalue weighted by atomic mass is 10.0. The van der Waals surface area contributed by atoms with Gasteiger partial charge in [-0.2, -0.15) is 4.31 Å². The fourth-order valence-electron chi connectivity index (χ4n) is 3.32. The summed E-state index contributed by atoms with van der Waals surface area (Å²) in [7, 11) is -1.83. The first kappa shape index (κ1) is 21.1. The maximum atomic E-state index is 12.8. The third kappa shape index (κ3) is 5.48. The van der Waals surface area contributed by atoms with Gasteiger partial charge < -0.3 is 15.8 Å². The van der Waals surface area contributed by atoms with E-state index in [0.717, 1.165) is 29.8 Å². The molecule has 156 valence electrons. The molecule has 3 rings (SSSR count). The summed E-state index contributed by atoms with van der Waals surface area (Å²) in [5.74, 6) is 1.45. The predicted molar refractivity (Wildman–Crippen MR) is 116 cm³/mol. The number of benzene rings is 2. The van der Waals surface area contributed by atoms with E-state index in [2.05, 4.69) is 17.2 Å². The smallest absolute Gasteiger partial charge is 0.243 e. The molecular formula is C21H28N4O3S. The highest BCUT2D eigenvalue weighted by Crippen LogP contribution is 2.23. The summed E-state index contributed by atoms with van der Waals surface area (Å²) in [5.41, 5.74) is 7.63. The Morgan fingerprint density at radius 2 is 1.90 bits per heavy atom. The largest absolute Gasteiger partial charge is 0.497 e. The minimum atomic E-state index is -3.44. The van der Waals surface area contributed by atoms with Crippen molar-refractivity contribution in [1.82, 2.24) is 4.31 Å². The number of nitrogens with two attached hydrogens (primary N) is 1. The SMILES string of the molecule is COc1ccc(NC(N)=NCc2ccc(S(=O)(=O)N3CCCC(C)C3)cc2)cc1. The fourth-order valence-corrected chi connectivity index (χ4v) is 4.92. The number of nitrogens with one attached hydrogen (secondary N) is 1. The number of hydrogen-bond donors (Lipinski definition) is 2. The van der Waals surface area contributed by atoms with Crippen molar-refractivity contribution in [3.8, 4) is 5.75 Å². The molecular weight excluding hydrogens is 388 g/mol. The van der Waals surface area contributed by atoms with Crippen molar-refractivity contribution in [3.63, 3.8) is 0 Å². The highest BCUT2D eigenvalue weighted by molar-refractivity contribution is 7.89. The zero-order valence-electron chi connectivity index (χ0n) is 16.8. The number of aliphatic imine (C=N–C) groups is 1. The van der Waals surface area contributed by atoms with Gasteiger partial charge in [-0.3, -0.25) is 0 Å². The molecule has 3 N–H and O–H groups in total. The Balaban J connectivity index is 1.61. The van der Waals surface area contributed by atoms with Crippen molar-refractivity contribution >= 4 is 21.7 Å². The number of methoxy groups -OCH3 is 1. The molecule has 1 saturated heterocycles. The van der Waals surface area contributed by atoms with Gasteiger partial charge in [0.1, 0.15) is 5.75 Å². The van der Waals surface area contributed by atoms with Crippen LogP contribution in [0.5, 0.6) is 5.75 Å². The van der Waals surface area contributed by atoms with Gasteiger partial charge in [0.2, 0.25) is 10.0 Å². The number of nitrogens with zero attached hydrogens (tertiary/aromatic N) is 2. The van der Waals surface area contributed by atoms with Gasteiger partial charge in [-0.25, -0.2) is 13.4 Å². The van der Waals surface area contributed by atoms with Gasteiger partial charge in [0.15, 0.2) is 5.96 Å². The molecule has 1 fully saturated rings. The van der Waals surface area contributed by atoms with Crippen LogP contribution < -0.4 is 15.8 Å². The normalized spacial score (nSPS) is 18.4. The number of piperidine rings is 1. The molecule has 0 aromatic heterocycles. The topological polar surface area (TPSA) is 97.0 Å². The first-order valence-corrected chi connectivity index (χ1v) is 11.1. The molecule has 0 aliphatic carbocycles.